The van der Waals surface area contributed by atoms with E-state index in [1.54, 1.807) is 41.3 Å². The summed E-state index contributed by atoms with van der Waals surface area (Å²) in [7, 11) is 0. The minimum Gasteiger partial charge on any atom is -0.337 e. The molecule has 33 heavy (non-hydrogen) atoms. The summed E-state index contributed by atoms with van der Waals surface area (Å²) in [6.45, 7) is 3.09. The number of nitrogens with one attached hydrogen (secondary N) is 1. The van der Waals surface area contributed by atoms with Gasteiger partial charge in [-0.15, -0.1) is 0 Å². The molecular formula is C26H23FN4O2. The van der Waals surface area contributed by atoms with Gasteiger partial charge in [0, 0.05) is 35.8 Å². The maximum Gasteiger partial charge on any atom is 0.274 e. The van der Waals surface area contributed by atoms with Crippen LogP contribution in [0.25, 0.3) is 21.9 Å². The first-order valence-electron chi connectivity index (χ1n) is 11.0. The van der Waals surface area contributed by atoms with Gasteiger partial charge in [0.15, 0.2) is 5.69 Å². The largest absolute Gasteiger partial charge is 0.337 e. The SMILES string of the molecule is Cc1cc(-c2ccc(F)cc2)cc(C2CCCN(C(=O)c3n[nH]c(=O)c4ccccc34)C2)n1. The molecule has 6 nitrogen and oxygen atoms in total. The van der Waals surface area contributed by atoms with Crippen molar-refractivity contribution < 1.29 is 9.18 Å². The van der Waals surface area contributed by atoms with Crippen LogP contribution in [0, 0.1) is 12.7 Å². The predicted octanol–water partition coefficient (Wildman–Crippen LogP) is 4.45. The van der Waals surface area contributed by atoms with Crippen molar-refractivity contribution in [1.82, 2.24) is 20.1 Å². The first kappa shape index (κ1) is 21.0. The number of aryl methyl sites for hydroxylation is 1. The molecule has 1 aliphatic heterocycles. The molecule has 4 aromatic rings. The monoisotopic (exact) mass is 442 g/mol. The zero-order valence-corrected chi connectivity index (χ0v) is 18.2. The van der Waals surface area contributed by atoms with Crippen LogP contribution in [0.4, 0.5) is 4.39 Å². The Labute approximate surface area is 190 Å². The number of pyridine rings is 1. The number of piperidine rings is 1. The quantitative estimate of drug-likeness (QED) is 0.508. The number of hydrogen-bond donors (Lipinski definition) is 1. The third-order valence-corrected chi connectivity index (χ3v) is 6.18. The summed E-state index contributed by atoms with van der Waals surface area (Å²) in [6, 6.07) is 17.5. The van der Waals surface area contributed by atoms with E-state index in [-0.39, 0.29) is 28.9 Å². The Kier molecular flexibility index (Phi) is 5.46. The number of likely N-dealkylation sites (tertiary alicyclic amines) is 1. The van der Waals surface area contributed by atoms with Crippen molar-refractivity contribution in [3.05, 3.63) is 93.9 Å². The van der Waals surface area contributed by atoms with Crippen molar-refractivity contribution in [2.75, 3.05) is 13.1 Å². The van der Waals surface area contributed by atoms with E-state index in [0.29, 0.717) is 23.9 Å². The maximum atomic E-state index is 13.4. The Bertz CT molecular complexity index is 1400. The highest BCUT2D eigenvalue weighted by Crippen LogP contribution is 2.30. The molecule has 0 bridgehead atoms. The second-order valence-corrected chi connectivity index (χ2v) is 8.47. The molecule has 166 valence electrons. The van der Waals surface area contributed by atoms with Crippen molar-refractivity contribution in [3.63, 3.8) is 0 Å². The Morgan fingerprint density at radius 3 is 2.61 bits per heavy atom. The number of rotatable bonds is 3. The smallest absolute Gasteiger partial charge is 0.274 e. The lowest BCUT2D eigenvalue weighted by Crippen LogP contribution is -2.40. The molecular weight excluding hydrogens is 419 g/mol. The van der Waals surface area contributed by atoms with Crippen LogP contribution in [-0.2, 0) is 0 Å². The molecule has 2 aromatic heterocycles. The molecule has 0 spiro atoms. The number of H-pyrrole nitrogens is 1. The second-order valence-electron chi connectivity index (χ2n) is 8.47. The minimum absolute atomic E-state index is 0.0795. The van der Waals surface area contributed by atoms with Crippen LogP contribution in [0.1, 0.15) is 40.6 Å². The number of carbonyl (C=O) groups is 1. The van der Waals surface area contributed by atoms with Gasteiger partial charge in [0.25, 0.3) is 11.5 Å². The number of fused-ring (bicyclic) bond motifs is 1. The van der Waals surface area contributed by atoms with E-state index in [2.05, 4.69) is 10.2 Å². The third kappa shape index (κ3) is 4.14. The van der Waals surface area contributed by atoms with Crippen LogP contribution < -0.4 is 5.56 Å². The van der Waals surface area contributed by atoms with Crippen LogP contribution in [0.3, 0.4) is 0 Å². The summed E-state index contributed by atoms with van der Waals surface area (Å²) >= 11 is 0. The summed E-state index contributed by atoms with van der Waals surface area (Å²) in [6.07, 6.45) is 1.77. The molecule has 1 amide bonds. The van der Waals surface area contributed by atoms with Crippen molar-refractivity contribution in [3.8, 4) is 11.1 Å². The van der Waals surface area contributed by atoms with Crippen molar-refractivity contribution in [2.24, 2.45) is 0 Å². The van der Waals surface area contributed by atoms with Crippen LogP contribution in [0.2, 0.25) is 0 Å². The summed E-state index contributed by atoms with van der Waals surface area (Å²) in [5.74, 6) is -0.385. The predicted molar refractivity (Wildman–Crippen MR) is 125 cm³/mol. The minimum atomic E-state index is -0.309. The molecule has 7 heteroatoms. The van der Waals surface area contributed by atoms with Crippen molar-refractivity contribution >= 4 is 16.7 Å². The molecule has 5 rings (SSSR count). The Balaban J connectivity index is 1.44. The second kappa shape index (κ2) is 8.58. The Morgan fingerprint density at radius 1 is 1.06 bits per heavy atom. The molecule has 0 aliphatic carbocycles. The van der Waals surface area contributed by atoms with Gasteiger partial charge in [-0.25, -0.2) is 9.49 Å². The van der Waals surface area contributed by atoms with E-state index >= 15 is 0 Å². The highest BCUT2D eigenvalue weighted by molar-refractivity contribution is 6.04. The highest BCUT2D eigenvalue weighted by atomic mass is 19.1. The average Bonchev–Trinajstić information content (AvgIpc) is 2.84. The standard InChI is InChI=1S/C26H23FN4O2/c1-16-13-19(17-8-10-20(27)11-9-17)14-23(28-16)18-5-4-12-31(15-18)26(33)24-21-6-2-3-7-22(21)25(32)30-29-24/h2-3,6-11,13-14,18H,4-5,12,15H2,1H3,(H,30,32). The van der Waals surface area contributed by atoms with Gasteiger partial charge < -0.3 is 4.90 Å². The number of aromatic amines is 1. The first-order chi connectivity index (χ1) is 16.0. The van der Waals surface area contributed by atoms with E-state index in [1.165, 1.54) is 12.1 Å². The third-order valence-electron chi connectivity index (χ3n) is 6.18. The maximum absolute atomic E-state index is 13.4. The zero-order chi connectivity index (χ0) is 22.9. The van der Waals surface area contributed by atoms with Gasteiger partial charge in [-0.05, 0) is 61.2 Å². The summed E-state index contributed by atoms with van der Waals surface area (Å²) in [4.78, 5) is 32.0. The van der Waals surface area contributed by atoms with E-state index < -0.39 is 0 Å². The lowest BCUT2D eigenvalue weighted by atomic mass is 9.92. The molecule has 0 radical (unpaired) electrons. The fraction of sp³-hybridized carbons (Fsp3) is 0.231. The number of benzene rings is 2. The van der Waals surface area contributed by atoms with E-state index in [4.69, 9.17) is 4.98 Å². The van der Waals surface area contributed by atoms with Gasteiger partial charge in [0.1, 0.15) is 5.82 Å². The molecule has 2 aromatic carbocycles. The molecule has 1 N–H and O–H groups in total. The Hall–Kier alpha value is -3.87. The Morgan fingerprint density at radius 2 is 1.82 bits per heavy atom. The normalized spacial score (nSPS) is 16.2. The lowest BCUT2D eigenvalue weighted by molar-refractivity contribution is 0.0701. The van der Waals surface area contributed by atoms with E-state index in [9.17, 15) is 14.0 Å². The number of hydrogen-bond acceptors (Lipinski definition) is 4. The summed E-state index contributed by atoms with van der Waals surface area (Å²) < 4.78 is 13.4. The molecule has 1 aliphatic rings. The van der Waals surface area contributed by atoms with Gasteiger partial charge in [-0.1, -0.05) is 30.3 Å². The van der Waals surface area contributed by atoms with Gasteiger partial charge in [0.05, 0.1) is 5.39 Å². The average molecular weight is 442 g/mol. The van der Waals surface area contributed by atoms with Gasteiger partial charge in [-0.3, -0.25) is 14.6 Å². The fourth-order valence-corrected chi connectivity index (χ4v) is 4.54. The zero-order valence-electron chi connectivity index (χ0n) is 18.2. The van der Waals surface area contributed by atoms with Crippen molar-refractivity contribution in [2.45, 2.75) is 25.7 Å². The number of carbonyl (C=O) groups excluding carboxylic acids is 1. The summed E-state index contributed by atoms with van der Waals surface area (Å²) in [5, 5.41) is 7.54. The van der Waals surface area contributed by atoms with Crippen LogP contribution in [-0.4, -0.2) is 39.1 Å². The molecule has 1 unspecified atom stereocenters. The van der Waals surface area contributed by atoms with Crippen LogP contribution >= 0.6 is 0 Å². The summed E-state index contributed by atoms with van der Waals surface area (Å²) in [5.41, 5.74) is 3.66. The molecule has 3 heterocycles. The number of halogens is 1. The van der Waals surface area contributed by atoms with Gasteiger partial charge in [0.2, 0.25) is 0 Å². The van der Waals surface area contributed by atoms with Gasteiger partial charge in [-0.2, -0.15) is 5.10 Å². The van der Waals surface area contributed by atoms with E-state index in [0.717, 1.165) is 35.4 Å². The highest BCUT2D eigenvalue weighted by Gasteiger charge is 2.28. The molecule has 0 saturated carbocycles. The van der Waals surface area contributed by atoms with Crippen LogP contribution in [0.15, 0.2) is 65.5 Å². The van der Waals surface area contributed by atoms with E-state index in [1.807, 2.05) is 19.1 Å². The topological polar surface area (TPSA) is 79.0 Å². The number of aromatic nitrogens is 3. The van der Waals surface area contributed by atoms with Crippen molar-refractivity contribution in [1.29, 1.82) is 0 Å². The number of nitrogens with zero attached hydrogens (tertiary/aromatic N) is 3. The van der Waals surface area contributed by atoms with Crippen LogP contribution in [0.5, 0.6) is 0 Å². The first-order valence-corrected chi connectivity index (χ1v) is 11.0. The molecule has 1 atom stereocenters. The van der Waals surface area contributed by atoms with Gasteiger partial charge >= 0.3 is 0 Å². The lowest BCUT2D eigenvalue weighted by Gasteiger charge is -2.32. The molecule has 1 saturated heterocycles. The number of amides is 1. The fourth-order valence-electron chi connectivity index (χ4n) is 4.54. The molecule has 1 fully saturated rings.